The summed E-state index contributed by atoms with van der Waals surface area (Å²) >= 11 is 1.64. The molecule has 1 saturated heterocycles. The molecule has 2 heterocycles. The number of hydrogen-bond acceptors (Lipinski definition) is 5. The summed E-state index contributed by atoms with van der Waals surface area (Å²) < 4.78 is 5.38. The highest BCUT2D eigenvalue weighted by atomic mass is 32.1. The predicted octanol–water partition coefficient (Wildman–Crippen LogP) is 4.29. The molecule has 1 aromatic heterocycles. The highest BCUT2D eigenvalue weighted by Crippen LogP contribution is 2.21. The second-order valence-corrected chi connectivity index (χ2v) is 9.43. The summed E-state index contributed by atoms with van der Waals surface area (Å²) in [6.07, 6.45) is 2.64. The molecule has 1 aliphatic rings. The van der Waals surface area contributed by atoms with Crippen molar-refractivity contribution in [2.75, 3.05) is 34.3 Å². The van der Waals surface area contributed by atoms with Gasteiger partial charge in [0, 0.05) is 39.7 Å². The Balaban J connectivity index is 1.57. The number of aliphatic imine (C=N–C) groups is 1. The van der Waals surface area contributed by atoms with Gasteiger partial charge in [0.15, 0.2) is 5.96 Å². The first kappa shape index (κ1) is 23.7. The topological polar surface area (TPSA) is 53.0 Å². The first-order chi connectivity index (χ1) is 15.0. The molecule has 0 saturated carbocycles. The molecule has 6 nitrogen and oxygen atoms in total. The number of ether oxygens (including phenoxy) is 1. The summed E-state index contributed by atoms with van der Waals surface area (Å²) in [5, 5.41) is 6.65. The Labute approximate surface area is 191 Å². The van der Waals surface area contributed by atoms with Crippen LogP contribution in [0.2, 0.25) is 0 Å². The third-order valence-electron chi connectivity index (χ3n) is 6.07. The van der Waals surface area contributed by atoms with Crippen molar-refractivity contribution in [3.05, 3.63) is 51.5 Å². The maximum absolute atomic E-state index is 5.38. The van der Waals surface area contributed by atoms with Gasteiger partial charge in [-0.15, -0.1) is 11.3 Å². The number of aromatic nitrogens is 1. The molecule has 1 aliphatic heterocycles. The average molecular weight is 444 g/mol. The first-order valence-corrected chi connectivity index (χ1v) is 12.1. The maximum atomic E-state index is 5.38. The van der Waals surface area contributed by atoms with Crippen LogP contribution in [-0.2, 0) is 24.4 Å². The van der Waals surface area contributed by atoms with E-state index in [1.165, 1.54) is 37.1 Å². The predicted molar refractivity (Wildman–Crippen MR) is 129 cm³/mol. The lowest BCUT2D eigenvalue weighted by Gasteiger charge is -2.31. The monoisotopic (exact) mass is 443 g/mol. The largest absolute Gasteiger partial charge is 0.375 e. The number of thiazole rings is 1. The molecule has 0 amide bonds. The molecule has 2 aromatic rings. The van der Waals surface area contributed by atoms with Crippen LogP contribution in [0.3, 0.4) is 0 Å². The molecular formula is C24H37N5OS. The Kier molecular flexibility index (Phi) is 8.87. The molecular weight excluding hydrogens is 406 g/mol. The van der Waals surface area contributed by atoms with Crippen LogP contribution in [0.5, 0.6) is 0 Å². The lowest BCUT2D eigenvalue weighted by molar-refractivity contribution is 0.119. The highest BCUT2D eigenvalue weighted by Gasteiger charge is 2.17. The minimum Gasteiger partial charge on any atom is -0.375 e. The number of nitrogens with one attached hydrogen (secondary N) is 1. The summed E-state index contributed by atoms with van der Waals surface area (Å²) in [5.41, 5.74) is 3.77. The van der Waals surface area contributed by atoms with Crippen molar-refractivity contribution in [2.24, 2.45) is 10.9 Å². The van der Waals surface area contributed by atoms with Crippen molar-refractivity contribution in [1.29, 1.82) is 0 Å². The number of guanidine groups is 1. The molecule has 1 aromatic carbocycles. The zero-order chi connectivity index (χ0) is 22.2. The van der Waals surface area contributed by atoms with Gasteiger partial charge in [0.05, 0.1) is 12.2 Å². The average Bonchev–Trinajstić information content (AvgIpc) is 3.24. The van der Waals surface area contributed by atoms with E-state index in [1.54, 1.807) is 18.4 Å². The van der Waals surface area contributed by atoms with Crippen LogP contribution in [0.15, 0.2) is 34.6 Å². The lowest BCUT2D eigenvalue weighted by atomic mass is 9.98. The van der Waals surface area contributed by atoms with Gasteiger partial charge < -0.3 is 15.0 Å². The second kappa shape index (κ2) is 11.6. The van der Waals surface area contributed by atoms with Gasteiger partial charge >= 0.3 is 0 Å². The second-order valence-electron chi connectivity index (χ2n) is 8.54. The Morgan fingerprint density at radius 2 is 2.03 bits per heavy atom. The fourth-order valence-corrected chi connectivity index (χ4v) is 4.75. The standard InChI is InChI=1S/C24H37N5OS/c1-18-10-12-29(13-11-18)15-21-9-7-6-8-20(21)14-26-24(25-3)28(4)16-22-17-31-23(27-22)19(2)30-5/h6-9,17-19H,10-16H2,1-5H3,(H,25,26). The SMILES string of the molecule is CN=C(NCc1ccccc1CN1CCC(C)CC1)N(C)Cc1csc(C(C)OC)n1. The van der Waals surface area contributed by atoms with E-state index in [0.717, 1.165) is 35.7 Å². The van der Waals surface area contributed by atoms with E-state index < -0.39 is 0 Å². The number of hydrogen-bond donors (Lipinski definition) is 1. The molecule has 170 valence electrons. The van der Waals surface area contributed by atoms with Gasteiger partial charge in [-0.05, 0) is 49.9 Å². The number of rotatable bonds is 8. The van der Waals surface area contributed by atoms with E-state index in [-0.39, 0.29) is 6.10 Å². The molecule has 0 bridgehead atoms. The first-order valence-electron chi connectivity index (χ1n) is 11.2. The lowest BCUT2D eigenvalue weighted by Crippen LogP contribution is -2.38. The molecule has 0 radical (unpaired) electrons. The van der Waals surface area contributed by atoms with Crippen LogP contribution in [-0.4, -0.2) is 55.0 Å². The number of benzene rings is 1. The van der Waals surface area contributed by atoms with Crippen LogP contribution in [0, 0.1) is 5.92 Å². The minimum absolute atomic E-state index is 0.0288. The van der Waals surface area contributed by atoms with Crippen molar-refractivity contribution in [3.63, 3.8) is 0 Å². The zero-order valence-electron chi connectivity index (χ0n) is 19.6. The van der Waals surface area contributed by atoms with Crippen molar-refractivity contribution in [2.45, 2.75) is 52.4 Å². The van der Waals surface area contributed by atoms with Gasteiger partial charge in [0.25, 0.3) is 0 Å². The molecule has 1 atom stereocenters. The van der Waals surface area contributed by atoms with Crippen molar-refractivity contribution < 1.29 is 4.74 Å². The Hall–Kier alpha value is -1.96. The minimum atomic E-state index is 0.0288. The van der Waals surface area contributed by atoms with Gasteiger partial charge in [-0.3, -0.25) is 9.89 Å². The normalized spacial score (nSPS) is 17.0. The van der Waals surface area contributed by atoms with Gasteiger partial charge in [-0.25, -0.2) is 4.98 Å². The van der Waals surface area contributed by atoms with E-state index in [2.05, 4.69) is 63.7 Å². The quantitative estimate of drug-likeness (QED) is 0.487. The van der Waals surface area contributed by atoms with Crippen molar-refractivity contribution in [3.8, 4) is 0 Å². The number of piperidine rings is 1. The molecule has 0 aliphatic carbocycles. The van der Waals surface area contributed by atoms with Crippen LogP contribution >= 0.6 is 11.3 Å². The molecule has 7 heteroatoms. The third kappa shape index (κ3) is 6.76. The van der Waals surface area contributed by atoms with Gasteiger partial charge in [0.1, 0.15) is 11.1 Å². The van der Waals surface area contributed by atoms with Crippen molar-refractivity contribution in [1.82, 2.24) is 20.1 Å². The Morgan fingerprint density at radius 3 is 2.71 bits per heavy atom. The fraction of sp³-hybridized carbons (Fsp3) is 0.583. The highest BCUT2D eigenvalue weighted by molar-refractivity contribution is 7.09. The summed E-state index contributed by atoms with van der Waals surface area (Å²) in [6, 6.07) is 8.75. The van der Waals surface area contributed by atoms with E-state index in [4.69, 9.17) is 9.72 Å². The summed E-state index contributed by atoms with van der Waals surface area (Å²) in [6.45, 7) is 9.28. The van der Waals surface area contributed by atoms with Gasteiger partial charge in [-0.2, -0.15) is 0 Å². The maximum Gasteiger partial charge on any atom is 0.194 e. The molecule has 1 fully saturated rings. The third-order valence-corrected chi connectivity index (χ3v) is 7.12. The fourth-order valence-electron chi connectivity index (χ4n) is 3.90. The molecule has 31 heavy (non-hydrogen) atoms. The molecule has 3 rings (SSSR count). The molecule has 0 spiro atoms. The van der Waals surface area contributed by atoms with E-state index >= 15 is 0 Å². The van der Waals surface area contributed by atoms with E-state index in [1.807, 2.05) is 14.0 Å². The van der Waals surface area contributed by atoms with Crippen LogP contribution in [0.25, 0.3) is 0 Å². The number of nitrogens with zero attached hydrogens (tertiary/aromatic N) is 4. The Morgan fingerprint density at radius 1 is 1.32 bits per heavy atom. The van der Waals surface area contributed by atoms with Crippen LogP contribution in [0.4, 0.5) is 0 Å². The smallest absolute Gasteiger partial charge is 0.194 e. The summed E-state index contributed by atoms with van der Waals surface area (Å²) in [7, 11) is 5.60. The molecule has 1 N–H and O–H groups in total. The van der Waals surface area contributed by atoms with Crippen LogP contribution in [0.1, 0.15) is 54.6 Å². The number of methoxy groups -OCH3 is 1. The van der Waals surface area contributed by atoms with Gasteiger partial charge in [0.2, 0.25) is 0 Å². The summed E-state index contributed by atoms with van der Waals surface area (Å²) in [5.74, 6) is 1.73. The zero-order valence-corrected chi connectivity index (χ0v) is 20.4. The molecule has 1 unspecified atom stereocenters. The van der Waals surface area contributed by atoms with Crippen LogP contribution < -0.4 is 5.32 Å². The Bertz CT molecular complexity index is 844. The van der Waals surface area contributed by atoms with E-state index in [0.29, 0.717) is 6.54 Å². The van der Waals surface area contributed by atoms with Gasteiger partial charge in [-0.1, -0.05) is 31.2 Å². The van der Waals surface area contributed by atoms with E-state index in [9.17, 15) is 0 Å². The van der Waals surface area contributed by atoms with Crippen molar-refractivity contribution >= 4 is 17.3 Å². The number of likely N-dealkylation sites (tertiary alicyclic amines) is 1. The summed E-state index contributed by atoms with van der Waals surface area (Å²) in [4.78, 5) is 13.9.